The van der Waals surface area contributed by atoms with Crippen molar-refractivity contribution in [1.29, 1.82) is 0 Å². The Morgan fingerprint density at radius 1 is 1.35 bits per heavy atom. The number of aryl methyl sites for hydroxylation is 2. The normalized spacial score (nSPS) is 12.2. The first-order valence-electron chi connectivity index (χ1n) is 7.71. The van der Waals surface area contributed by atoms with E-state index < -0.39 is 11.6 Å². The summed E-state index contributed by atoms with van der Waals surface area (Å²) in [6, 6.07) is 3.56. The summed E-state index contributed by atoms with van der Waals surface area (Å²) >= 11 is 0. The third kappa shape index (κ3) is 4.61. The molecule has 1 aromatic carbocycles. The number of hydrogen-bond acceptors (Lipinski definition) is 2. The van der Waals surface area contributed by atoms with Gasteiger partial charge in [-0.1, -0.05) is 19.4 Å². The van der Waals surface area contributed by atoms with E-state index >= 15 is 0 Å². The van der Waals surface area contributed by atoms with Crippen LogP contribution in [0.2, 0.25) is 0 Å². The van der Waals surface area contributed by atoms with E-state index in [1.165, 1.54) is 6.07 Å². The van der Waals surface area contributed by atoms with E-state index in [-0.39, 0.29) is 18.4 Å². The third-order valence-electron chi connectivity index (χ3n) is 3.71. The molecule has 0 radical (unpaired) electrons. The van der Waals surface area contributed by atoms with E-state index in [2.05, 4.69) is 10.3 Å². The summed E-state index contributed by atoms with van der Waals surface area (Å²) in [5, 5.41) is 2.97. The first-order chi connectivity index (χ1) is 11.0. The Balaban J connectivity index is 1.94. The largest absolute Gasteiger partial charge is 0.346 e. The van der Waals surface area contributed by atoms with Crippen LogP contribution < -0.4 is 5.32 Å². The van der Waals surface area contributed by atoms with Gasteiger partial charge in [-0.15, -0.1) is 0 Å². The molecule has 2 rings (SSSR count). The van der Waals surface area contributed by atoms with Crippen LogP contribution in [-0.2, 0) is 18.3 Å². The van der Waals surface area contributed by atoms with Crippen molar-refractivity contribution in [3.63, 3.8) is 0 Å². The van der Waals surface area contributed by atoms with E-state index in [1.807, 2.05) is 24.7 Å². The lowest BCUT2D eigenvalue weighted by atomic mass is 10.1. The Morgan fingerprint density at radius 2 is 2.13 bits per heavy atom. The Morgan fingerprint density at radius 3 is 2.74 bits per heavy atom. The molecule has 23 heavy (non-hydrogen) atoms. The highest BCUT2D eigenvalue weighted by molar-refractivity contribution is 5.76. The SMILES string of the molecule is CCC[C@H](NC(=O)CCc1ccc(F)c(F)c1)c1nccn1C. The number of nitrogens with one attached hydrogen (secondary N) is 1. The lowest BCUT2D eigenvalue weighted by molar-refractivity contribution is -0.121. The quantitative estimate of drug-likeness (QED) is 0.850. The zero-order valence-electron chi connectivity index (χ0n) is 13.4. The Kier molecular flexibility index (Phi) is 5.84. The van der Waals surface area contributed by atoms with Crippen LogP contribution in [0, 0.1) is 11.6 Å². The van der Waals surface area contributed by atoms with Crippen molar-refractivity contribution in [2.45, 2.75) is 38.6 Å². The Bertz CT molecular complexity index is 670. The maximum absolute atomic E-state index is 13.2. The van der Waals surface area contributed by atoms with E-state index in [0.29, 0.717) is 12.0 Å². The lowest BCUT2D eigenvalue weighted by Gasteiger charge is -2.18. The first kappa shape index (κ1) is 17.1. The van der Waals surface area contributed by atoms with E-state index in [9.17, 15) is 13.6 Å². The number of benzene rings is 1. The van der Waals surface area contributed by atoms with E-state index in [0.717, 1.165) is 30.8 Å². The van der Waals surface area contributed by atoms with Crippen molar-refractivity contribution >= 4 is 5.91 Å². The topological polar surface area (TPSA) is 46.9 Å². The lowest BCUT2D eigenvalue weighted by Crippen LogP contribution is -2.30. The first-order valence-corrected chi connectivity index (χ1v) is 7.71. The average Bonchev–Trinajstić information content (AvgIpc) is 2.94. The smallest absolute Gasteiger partial charge is 0.220 e. The fourth-order valence-corrected chi connectivity index (χ4v) is 2.49. The van der Waals surface area contributed by atoms with Gasteiger partial charge >= 0.3 is 0 Å². The zero-order chi connectivity index (χ0) is 16.8. The molecule has 0 unspecified atom stereocenters. The maximum Gasteiger partial charge on any atom is 0.220 e. The number of amides is 1. The predicted octanol–water partition coefficient (Wildman–Crippen LogP) is 3.29. The Hall–Kier alpha value is -2.24. The molecule has 2 aromatic rings. The van der Waals surface area contributed by atoms with Gasteiger partial charge in [0.25, 0.3) is 0 Å². The van der Waals surface area contributed by atoms with Gasteiger partial charge in [0, 0.05) is 25.9 Å². The second kappa shape index (κ2) is 7.85. The number of carbonyl (C=O) groups is 1. The highest BCUT2D eigenvalue weighted by Gasteiger charge is 2.17. The van der Waals surface area contributed by atoms with Gasteiger partial charge in [0.1, 0.15) is 5.82 Å². The summed E-state index contributed by atoms with van der Waals surface area (Å²) in [7, 11) is 1.89. The van der Waals surface area contributed by atoms with Gasteiger partial charge in [0.2, 0.25) is 5.91 Å². The summed E-state index contributed by atoms with van der Waals surface area (Å²) in [6.07, 6.45) is 5.83. The van der Waals surface area contributed by atoms with Crippen molar-refractivity contribution in [3.05, 3.63) is 53.6 Å². The molecule has 0 aliphatic rings. The highest BCUT2D eigenvalue weighted by atomic mass is 19.2. The van der Waals surface area contributed by atoms with Crippen LogP contribution in [0.5, 0.6) is 0 Å². The van der Waals surface area contributed by atoms with Crippen LogP contribution in [0.15, 0.2) is 30.6 Å². The predicted molar refractivity (Wildman–Crippen MR) is 83.7 cm³/mol. The second-order valence-electron chi connectivity index (χ2n) is 5.55. The van der Waals surface area contributed by atoms with Crippen LogP contribution in [-0.4, -0.2) is 15.5 Å². The fourth-order valence-electron chi connectivity index (χ4n) is 2.49. The van der Waals surface area contributed by atoms with Gasteiger partial charge in [0.05, 0.1) is 6.04 Å². The van der Waals surface area contributed by atoms with Gasteiger partial charge in [-0.2, -0.15) is 0 Å². The Labute approximate surface area is 134 Å². The minimum absolute atomic E-state index is 0.129. The molecule has 0 saturated carbocycles. The molecule has 6 heteroatoms. The maximum atomic E-state index is 13.2. The zero-order valence-corrected chi connectivity index (χ0v) is 13.4. The highest BCUT2D eigenvalue weighted by Crippen LogP contribution is 2.17. The molecule has 0 saturated heterocycles. The molecule has 0 bridgehead atoms. The summed E-state index contributed by atoms with van der Waals surface area (Å²) in [5.74, 6) is -1.08. The molecule has 0 fully saturated rings. The number of hydrogen-bond donors (Lipinski definition) is 1. The number of nitrogens with zero attached hydrogens (tertiary/aromatic N) is 2. The van der Waals surface area contributed by atoms with Crippen molar-refractivity contribution in [2.24, 2.45) is 7.05 Å². The van der Waals surface area contributed by atoms with Crippen LogP contribution in [0.3, 0.4) is 0 Å². The molecule has 1 amide bonds. The molecule has 0 aliphatic carbocycles. The number of aromatic nitrogens is 2. The number of halogens is 2. The summed E-state index contributed by atoms with van der Waals surface area (Å²) in [6.45, 7) is 2.05. The van der Waals surface area contributed by atoms with Crippen molar-refractivity contribution in [1.82, 2.24) is 14.9 Å². The van der Waals surface area contributed by atoms with Gasteiger partial charge in [-0.05, 0) is 30.5 Å². The van der Waals surface area contributed by atoms with Crippen LogP contribution in [0.4, 0.5) is 8.78 Å². The van der Waals surface area contributed by atoms with Crippen LogP contribution in [0.1, 0.15) is 43.6 Å². The minimum atomic E-state index is -0.889. The number of imidazole rings is 1. The monoisotopic (exact) mass is 321 g/mol. The molecule has 1 atom stereocenters. The fraction of sp³-hybridized carbons (Fsp3) is 0.412. The van der Waals surface area contributed by atoms with Gasteiger partial charge in [-0.3, -0.25) is 4.79 Å². The number of carbonyl (C=O) groups excluding carboxylic acids is 1. The minimum Gasteiger partial charge on any atom is -0.346 e. The molecule has 124 valence electrons. The van der Waals surface area contributed by atoms with Crippen LogP contribution >= 0.6 is 0 Å². The molecular formula is C17H21F2N3O. The van der Waals surface area contributed by atoms with Crippen molar-refractivity contribution in [3.8, 4) is 0 Å². The van der Waals surface area contributed by atoms with Crippen molar-refractivity contribution < 1.29 is 13.6 Å². The standard InChI is InChI=1S/C17H21F2N3O/c1-3-4-15(17-20-9-10-22(17)2)21-16(23)8-6-12-5-7-13(18)14(19)11-12/h5,7,9-11,15H,3-4,6,8H2,1-2H3,(H,21,23)/t15-/m0/s1. The second-order valence-corrected chi connectivity index (χ2v) is 5.55. The third-order valence-corrected chi connectivity index (χ3v) is 3.71. The van der Waals surface area contributed by atoms with Crippen molar-refractivity contribution in [2.75, 3.05) is 0 Å². The molecule has 1 heterocycles. The molecule has 0 aliphatic heterocycles. The molecular weight excluding hydrogens is 300 g/mol. The van der Waals surface area contributed by atoms with E-state index in [1.54, 1.807) is 6.20 Å². The average molecular weight is 321 g/mol. The summed E-state index contributed by atoms with van der Waals surface area (Å²) < 4.78 is 27.9. The van der Waals surface area contributed by atoms with Crippen LogP contribution in [0.25, 0.3) is 0 Å². The van der Waals surface area contributed by atoms with Gasteiger partial charge in [0.15, 0.2) is 11.6 Å². The summed E-state index contributed by atoms with van der Waals surface area (Å²) in [5.41, 5.74) is 0.600. The number of rotatable bonds is 7. The van der Waals surface area contributed by atoms with E-state index in [4.69, 9.17) is 0 Å². The molecule has 0 spiro atoms. The van der Waals surface area contributed by atoms with Gasteiger partial charge in [-0.25, -0.2) is 13.8 Å². The molecule has 4 nitrogen and oxygen atoms in total. The van der Waals surface area contributed by atoms with Gasteiger partial charge < -0.3 is 9.88 Å². The molecule has 1 aromatic heterocycles. The summed E-state index contributed by atoms with van der Waals surface area (Å²) in [4.78, 5) is 16.4. The molecule has 1 N–H and O–H groups in total.